The van der Waals surface area contributed by atoms with Crippen molar-refractivity contribution in [3.05, 3.63) is 175 Å². The second-order valence-electron chi connectivity index (χ2n) is 13.5. The molecule has 0 spiro atoms. The molecular weight excluding hydrogens is 639 g/mol. The normalized spacial score (nSPS) is 17.6. The van der Waals surface area contributed by atoms with E-state index in [4.69, 9.17) is 15.0 Å². The van der Waals surface area contributed by atoms with Crippen LogP contribution >= 0.6 is 0 Å². The van der Waals surface area contributed by atoms with E-state index >= 15 is 0 Å². The molecule has 7 heteroatoms. The van der Waals surface area contributed by atoms with E-state index in [1.807, 2.05) is 30.5 Å². The summed E-state index contributed by atoms with van der Waals surface area (Å²) < 4.78 is 4.74. The third-order valence-electron chi connectivity index (χ3n) is 10.3. The Morgan fingerprint density at radius 1 is 0.558 bits per heavy atom. The van der Waals surface area contributed by atoms with Crippen molar-refractivity contribution in [2.24, 2.45) is 15.0 Å². The first kappa shape index (κ1) is 30.1. The van der Waals surface area contributed by atoms with E-state index in [-0.39, 0.29) is 12.5 Å². The summed E-state index contributed by atoms with van der Waals surface area (Å²) >= 11 is 0. The van der Waals surface area contributed by atoms with Crippen LogP contribution in [-0.2, 0) is 0 Å². The van der Waals surface area contributed by atoms with Crippen LogP contribution in [-0.4, -0.2) is 50.9 Å². The van der Waals surface area contributed by atoms with Gasteiger partial charge in [-0.3, -0.25) is 0 Å². The third kappa shape index (κ3) is 4.70. The lowest BCUT2D eigenvalue weighted by Crippen LogP contribution is -2.36. The van der Waals surface area contributed by atoms with E-state index in [1.54, 1.807) is 0 Å². The molecule has 0 radical (unpaired) electrons. The van der Waals surface area contributed by atoms with Crippen molar-refractivity contribution in [3.63, 3.8) is 0 Å². The topological polar surface area (TPSA) is 53.4 Å². The van der Waals surface area contributed by atoms with Crippen molar-refractivity contribution in [1.29, 1.82) is 0 Å². The van der Waals surface area contributed by atoms with Crippen LogP contribution in [0.25, 0.3) is 49.3 Å². The molecule has 2 aliphatic heterocycles. The monoisotopic (exact) mass is 673 g/mol. The molecule has 52 heavy (non-hydrogen) atoms. The molecule has 0 saturated heterocycles. The number of fused-ring (bicyclic) bond motifs is 6. The van der Waals surface area contributed by atoms with E-state index in [9.17, 15) is 0 Å². The fourth-order valence-electron chi connectivity index (χ4n) is 7.94. The summed E-state index contributed by atoms with van der Waals surface area (Å²) in [6.45, 7) is 0. The van der Waals surface area contributed by atoms with Crippen LogP contribution in [0.15, 0.2) is 178 Å². The van der Waals surface area contributed by atoms with Gasteiger partial charge in [-0.1, -0.05) is 115 Å². The summed E-state index contributed by atoms with van der Waals surface area (Å²) in [6.07, 6.45) is 3.55. The van der Waals surface area contributed by atoms with Gasteiger partial charge in [-0.05, 0) is 42.0 Å². The molecule has 8 aromatic rings. The Labute approximate surface area is 301 Å². The molecule has 10 rings (SSSR count). The maximum Gasteiger partial charge on any atom is 0.202 e. The fraction of sp³-hybridized carbons (Fsp3) is 0.0889. The van der Waals surface area contributed by atoms with Crippen molar-refractivity contribution < 1.29 is 0 Å². The number of para-hydroxylation sites is 3. The van der Waals surface area contributed by atoms with Gasteiger partial charge in [0.15, 0.2) is 5.84 Å². The van der Waals surface area contributed by atoms with E-state index in [2.05, 4.69) is 167 Å². The van der Waals surface area contributed by atoms with Crippen LogP contribution in [0.1, 0.15) is 23.6 Å². The first-order chi connectivity index (χ1) is 25.6. The smallest absolute Gasteiger partial charge is 0.202 e. The van der Waals surface area contributed by atoms with Crippen LogP contribution in [0, 0.1) is 0 Å². The maximum atomic E-state index is 5.25. The van der Waals surface area contributed by atoms with Crippen LogP contribution in [0.3, 0.4) is 0 Å². The number of benzene rings is 6. The molecule has 0 bridgehead atoms. The van der Waals surface area contributed by atoms with Crippen LogP contribution in [0.2, 0.25) is 0 Å². The number of hydrogen-bond acceptors (Lipinski definition) is 5. The van der Waals surface area contributed by atoms with Crippen LogP contribution in [0.5, 0.6) is 0 Å². The van der Waals surface area contributed by atoms with Crippen molar-refractivity contribution in [3.8, 4) is 5.69 Å². The lowest BCUT2D eigenvalue weighted by Gasteiger charge is -2.34. The van der Waals surface area contributed by atoms with Gasteiger partial charge in [-0.15, -0.1) is 0 Å². The zero-order valence-corrected chi connectivity index (χ0v) is 28.9. The molecule has 4 heterocycles. The molecule has 2 unspecified atom stereocenters. The summed E-state index contributed by atoms with van der Waals surface area (Å²) in [5.41, 5.74) is 8.78. The minimum Gasteiger partial charge on any atom is -0.341 e. The predicted molar refractivity (Wildman–Crippen MR) is 215 cm³/mol. The lowest BCUT2D eigenvalue weighted by molar-refractivity contribution is 0.266. The Hall–Kier alpha value is -6.73. The molecule has 0 aliphatic carbocycles. The van der Waals surface area contributed by atoms with E-state index in [0.717, 1.165) is 44.8 Å². The third-order valence-corrected chi connectivity index (χ3v) is 10.3. The van der Waals surface area contributed by atoms with Gasteiger partial charge in [0, 0.05) is 59.3 Å². The Morgan fingerprint density at radius 3 is 1.90 bits per heavy atom. The highest BCUT2D eigenvalue weighted by Gasteiger charge is 2.30. The van der Waals surface area contributed by atoms with Gasteiger partial charge in [0.2, 0.25) is 6.29 Å². The number of rotatable bonds is 5. The van der Waals surface area contributed by atoms with Crippen molar-refractivity contribution in [2.45, 2.75) is 12.5 Å². The summed E-state index contributed by atoms with van der Waals surface area (Å²) in [5.74, 6) is 1.54. The SMILES string of the molecule is CN1C=C(C2=NC(c3ccccc3)N(C)C(c3ccccc3)=N2)C=NC1n1c2ccccc2c2cc3c4ccccc4n(-c4ccccc4)c3cc21. The second kappa shape index (κ2) is 12.0. The zero-order valence-electron chi connectivity index (χ0n) is 28.9. The average Bonchev–Trinajstić information content (AvgIpc) is 3.70. The van der Waals surface area contributed by atoms with Gasteiger partial charge < -0.3 is 18.9 Å². The first-order valence-electron chi connectivity index (χ1n) is 17.6. The number of amidine groups is 2. The predicted octanol–water partition coefficient (Wildman–Crippen LogP) is 9.74. The van der Waals surface area contributed by atoms with Crippen molar-refractivity contribution in [2.75, 3.05) is 14.1 Å². The molecule has 0 fully saturated rings. The fourth-order valence-corrected chi connectivity index (χ4v) is 7.94. The standard InChI is InChI=1S/C45H35N7/c1-49-29-32(42-47-43(30-16-6-3-7-17-30)50(2)44(48-42)31-18-8-4-9-19-31)28-46-45(49)52-39-25-15-13-23-35(39)37-26-36-34-22-12-14-24-38(34)51(40(36)27-41(37)52)33-20-10-5-11-21-33/h3-29,43,45H,1-2H3. The largest absolute Gasteiger partial charge is 0.341 e. The molecule has 7 nitrogen and oxygen atoms in total. The van der Waals surface area contributed by atoms with E-state index < -0.39 is 0 Å². The Balaban J connectivity index is 1.12. The second-order valence-corrected chi connectivity index (χ2v) is 13.5. The summed E-state index contributed by atoms with van der Waals surface area (Å²) in [4.78, 5) is 19.9. The maximum absolute atomic E-state index is 5.25. The molecule has 2 atom stereocenters. The summed E-state index contributed by atoms with van der Waals surface area (Å²) in [7, 11) is 4.15. The molecule has 0 amide bonds. The first-order valence-corrected chi connectivity index (χ1v) is 17.6. The van der Waals surface area contributed by atoms with Crippen LogP contribution < -0.4 is 0 Å². The minimum absolute atomic E-state index is 0.225. The van der Waals surface area contributed by atoms with Crippen molar-refractivity contribution in [1.82, 2.24) is 18.9 Å². The molecule has 6 aromatic carbocycles. The minimum atomic E-state index is -0.312. The number of aromatic nitrogens is 2. The van der Waals surface area contributed by atoms with Gasteiger partial charge in [0.05, 0.1) is 27.6 Å². The molecular formula is C45H35N7. The van der Waals surface area contributed by atoms with Gasteiger partial charge in [0.25, 0.3) is 0 Å². The van der Waals surface area contributed by atoms with Gasteiger partial charge in [-0.25, -0.2) is 15.0 Å². The molecule has 0 N–H and O–H groups in total. The lowest BCUT2D eigenvalue weighted by atomic mass is 10.1. The Bertz CT molecular complexity index is 2770. The van der Waals surface area contributed by atoms with Crippen molar-refractivity contribution >= 4 is 61.5 Å². The molecule has 2 aliphatic rings. The highest BCUT2D eigenvalue weighted by atomic mass is 15.4. The van der Waals surface area contributed by atoms with Crippen LogP contribution in [0.4, 0.5) is 0 Å². The number of aliphatic imine (C=N–C) groups is 3. The van der Waals surface area contributed by atoms with Gasteiger partial charge in [0.1, 0.15) is 12.0 Å². The van der Waals surface area contributed by atoms with Gasteiger partial charge >= 0.3 is 0 Å². The Kier molecular flexibility index (Phi) is 6.92. The van der Waals surface area contributed by atoms with E-state index in [1.165, 1.54) is 27.1 Å². The molecule has 2 aromatic heterocycles. The molecule has 0 saturated carbocycles. The summed E-state index contributed by atoms with van der Waals surface area (Å²) in [6, 6.07) is 53.4. The van der Waals surface area contributed by atoms with E-state index in [0.29, 0.717) is 5.84 Å². The van der Waals surface area contributed by atoms with Gasteiger partial charge in [-0.2, -0.15) is 0 Å². The zero-order chi connectivity index (χ0) is 34.8. The highest BCUT2D eigenvalue weighted by molar-refractivity contribution is 6.22. The molecule has 250 valence electrons. The summed E-state index contributed by atoms with van der Waals surface area (Å²) in [5, 5.41) is 4.89. The average molecular weight is 674 g/mol. The number of nitrogens with zero attached hydrogens (tertiary/aromatic N) is 7. The quantitative estimate of drug-likeness (QED) is 0.183. The number of hydrogen-bond donors (Lipinski definition) is 0. The Morgan fingerprint density at radius 2 is 1.17 bits per heavy atom. The highest BCUT2D eigenvalue weighted by Crippen LogP contribution is 2.40.